The van der Waals surface area contributed by atoms with E-state index in [1.807, 2.05) is 0 Å². The van der Waals surface area contributed by atoms with Crippen LogP contribution in [-0.2, 0) is 0 Å². The fraction of sp³-hybridized carbons (Fsp3) is 0.826. The summed E-state index contributed by atoms with van der Waals surface area (Å²) in [4.78, 5) is 0. The Morgan fingerprint density at radius 1 is 1.12 bits per heavy atom. The molecule has 7 unspecified atom stereocenters. The fourth-order valence-corrected chi connectivity index (χ4v) is 7.59. The highest BCUT2D eigenvalue weighted by Gasteiger charge is 2.58. The average molecular weight is 329 g/mol. The Labute approximate surface area is 148 Å². The van der Waals surface area contributed by atoms with E-state index in [0.29, 0.717) is 10.8 Å². The van der Waals surface area contributed by atoms with Crippen molar-refractivity contribution in [2.75, 3.05) is 0 Å². The Kier molecular flexibility index (Phi) is 4.03. The van der Waals surface area contributed by atoms with Crippen molar-refractivity contribution >= 4 is 0 Å². The lowest BCUT2D eigenvalue weighted by molar-refractivity contribution is -0.0454. The molecule has 24 heavy (non-hydrogen) atoms. The molecule has 0 aromatic rings. The monoisotopic (exact) mass is 328 g/mol. The Hall–Kier alpha value is -0.560. The first kappa shape index (κ1) is 16.9. The molecule has 7 atom stereocenters. The summed E-state index contributed by atoms with van der Waals surface area (Å²) >= 11 is 0. The Bertz CT molecular complexity index is 573. The lowest BCUT2D eigenvalue weighted by Gasteiger charge is -2.58. The van der Waals surface area contributed by atoms with Crippen molar-refractivity contribution < 1.29 is 5.11 Å². The summed E-state index contributed by atoms with van der Waals surface area (Å²) in [5.74, 6) is 3.49. The molecule has 0 saturated heterocycles. The van der Waals surface area contributed by atoms with Crippen molar-refractivity contribution in [3.05, 3.63) is 23.3 Å². The molecule has 3 saturated carbocycles. The van der Waals surface area contributed by atoms with Crippen LogP contribution in [0, 0.1) is 34.5 Å². The summed E-state index contributed by atoms with van der Waals surface area (Å²) in [6, 6.07) is 0. The predicted molar refractivity (Wildman–Crippen MR) is 101 cm³/mol. The minimum atomic E-state index is -0.0806. The molecule has 4 aliphatic carbocycles. The van der Waals surface area contributed by atoms with Crippen molar-refractivity contribution in [1.82, 2.24) is 0 Å². The van der Waals surface area contributed by atoms with Crippen LogP contribution in [0.3, 0.4) is 0 Å². The molecule has 0 bridgehead atoms. The predicted octanol–water partition coefficient (Wildman–Crippen LogP) is 5.89. The molecule has 0 radical (unpaired) electrons. The molecular formula is C23H36O. The lowest BCUT2D eigenvalue weighted by atomic mass is 9.47. The van der Waals surface area contributed by atoms with Crippen LogP contribution < -0.4 is 0 Å². The van der Waals surface area contributed by atoms with E-state index in [1.54, 1.807) is 11.1 Å². The fourth-order valence-electron chi connectivity index (χ4n) is 7.59. The first-order valence-electron chi connectivity index (χ1n) is 10.4. The number of rotatable bonds is 1. The highest BCUT2D eigenvalue weighted by molar-refractivity contribution is 5.26. The van der Waals surface area contributed by atoms with E-state index in [-0.39, 0.29) is 6.10 Å². The molecule has 0 amide bonds. The van der Waals surface area contributed by atoms with E-state index < -0.39 is 0 Å². The highest BCUT2D eigenvalue weighted by atomic mass is 16.3. The smallest absolute Gasteiger partial charge is 0.0577 e. The summed E-state index contributed by atoms with van der Waals surface area (Å²) in [6.45, 7) is 9.74. The van der Waals surface area contributed by atoms with Crippen molar-refractivity contribution in [3.8, 4) is 0 Å². The third-order valence-corrected chi connectivity index (χ3v) is 9.08. The largest absolute Gasteiger partial charge is 0.393 e. The van der Waals surface area contributed by atoms with Gasteiger partial charge in [-0.15, -0.1) is 0 Å². The average Bonchev–Trinajstić information content (AvgIpc) is 2.92. The molecule has 0 aromatic heterocycles. The SMILES string of the molecule is C/C=C(/C)C1CCC2C3CC=C4CC(O)CCC4(C)C3CCC12C. The summed E-state index contributed by atoms with van der Waals surface area (Å²) < 4.78 is 0. The highest BCUT2D eigenvalue weighted by Crippen LogP contribution is 2.67. The van der Waals surface area contributed by atoms with E-state index in [2.05, 4.69) is 39.8 Å². The van der Waals surface area contributed by atoms with Crippen molar-refractivity contribution in [2.24, 2.45) is 34.5 Å². The Morgan fingerprint density at radius 2 is 1.92 bits per heavy atom. The van der Waals surface area contributed by atoms with Crippen LogP contribution in [0.25, 0.3) is 0 Å². The molecule has 0 aliphatic heterocycles. The van der Waals surface area contributed by atoms with E-state index >= 15 is 0 Å². The zero-order chi connectivity index (χ0) is 17.1. The van der Waals surface area contributed by atoms with Gasteiger partial charge in [-0.25, -0.2) is 0 Å². The molecular weight excluding hydrogens is 292 g/mol. The molecule has 0 aromatic carbocycles. The third kappa shape index (κ3) is 2.23. The van der Waals surface area contributed by atoms with Gasteiger partial charge in [0.2, 0.25) is 0 Å². The number of hydrogen-bond acceptors (Lipinski definition) is 1. The molecule has 1 N–H and O–H groups in total. The quantitative estimate of drug-likeness (QED) is 0.595. The Morgan fingerprint density at radius 3 is 2.67 bits per heavy atom. The number of hydrogen-bond donors (Lipinski definition) is 1. The second kappa shape index (κ2) is 5.73. The van der Waals surface area contributed by atoms with Crippen LogP contribution in [0.5, 0.6) is 0 Å². The zero-order valence-electron chi connectivity index (χ0n) is 16.1. The second-order valence-corrected chi connectivity index (χ2v) is 9.86. The molecule has 0 heterocycles. The summed E-state index contributed by atoms with van der Waals surface area (Å²) in [5, 5.41) is 10.1. The normalized spacial score (nSPS) is 51.5. The van der Waals surface area contributed by atoms with Gasteiger partial charge in [-0.3, -0.25) is 0 Å². The number of aliphatic hydroxyl groups excluding tert-OH is 1. The topological polar surface area (TPSA) is 20.2 Å². The van der Waals surface area contributed by atoms with Gasteiger partial charge in [0.25, 0.3) is 0 Å². The maximum Gasteiger partial charge on any atom is 0.0577 e. The first-order chi connectivity index (χ1) is 11.4. The minimum Gasteiger partial charge on any atom is -0.393 e. The van der Waals surface area contributed by atoms with Gasteiger partial charge in [-0.1, -0.05) is 37.1 Å². The van der Waals surface area contributed by atoms with Crippen LogP contribution in [0.2, 0.25) is 0 Å². The molecule has 0 spiro atoms. The maximum absolute atomic E-state index is 10.1. The Balaban J connectivity index is 1.65. The molecule has 134 valence electrons. The van der Waals surface area contributed by atoms with E-state index in [4.69, 9.17) is 0 Å². The van der Waals surface area contributed by atoms with Gasteiger partial charge in [0.15, 0.2) is 0 Å². The molecule has 1 heteroatoms. The molecule has 3 fully saturated rings. The third-order valence-electron chi connectivity index (χ3n) is 9.08. The van der Waals surface area contributed by atoms with Gasteiger partial charge in [-0.2, -0.15) is 0 Å². The van der Waals surface area contributed by atoms with Gasteiger partial charge in [0.1, 0.15) is 0 Å². The van der Waals surface area contributed by atoms with E-state index in [9.17, 15) is 5.11 Å². The van der Waals surface area contributed by atoms with Gasteiger partial charge < -0.3 is 5.11 Å². The molecule has 1 nitrogen and oxygen atoms in total. The summed E-state index contributed by atoms with van der Waals surface area (Å²) in [6.07, 6.45) is 15.0. The lowest BCUT2D eigenvalue weighted by Crippen LogP contribution is -2.50. The van der Waals surface area contributed by atoms with Crippen LogP contribution in [0.15, 0.2) is 23.3 Å². The van der Waals surface area contributed by atoms with E-state index in [0.717, 1.165) is 36.5 Å². The number of fused-ring (bicyclic) bond motifs is 5. The second-order valence-electron chi connectivity index (χ2n) is 9.86. The minimum absolute atomic E-state index is 0.0806. The summed E-state index contributed by atoms with van der Waals surface area (Å²) in [5.41, 5.74) is 4.16. The van der Waals surface area contributed by atoms with Crippen LogP contribution >= 0.6 is 0 Å². The van der Waals surface area contributed by atoms with Gasteiger partial charge >= 0.3 is 0 Å². The van der Waals surface area contributed by atoms with Crippen LogP contribution in [-0.4, -0.2) is 11.2 Å². The number of allylic oxidation sites excluding steroid dienone is 3. The van der Waals surface area contributed by atoms with Gasteiger partial charge in [0, 0.05) is 0 Å². The molecule has 4 aliphatic rings. The van der Waals surface area contributed by atoms with Gasteiger partial charge in [-0.05, 0) is 99.7 Å². The molecule has 4 rings (SSSR count). The summed E-state index contributed by atoms with van der Waals surface area (Å²) in [7, 11) is 0. The van der Waals surface area contributed by atoms with Crippen LogP contribution in [0.4, 0.5) is 0 Å². The number of aliphatic hydroxyl groups is 1. The zero-order valence-corrected chi connectivity index (χ0v) is 16.1. The van der Waals surface area contributed by atoms with Crippen LogP contribution in [0.1, 0.15) is 79.1 Å². The van der Waals surface area contributed by atoms with Crippen molar-refractivity contribution in [2.45, 2.75) is 85.2 Å². The maximum atomic E-state index is 10.1. The van der Waals surface area contributed by atoms with Crippen molar-refractivity contribution in [3.63, 3.8) is 0 Å². The van der Waals surface area contributed by atoms with Gasteiger partial charge in [0.05, 0.1) is 6.10 Å². The first-order valence-corrected chi connectivity index (χ1v) is 10.4. The van der Waals surface area contributed by atoms with E-state index in [1.165, 1.54) is 38.5 Å². The standard InChI is InChI=1S/C23H36O/c1-5-15(2)19-8-9-20-18-7-6-16-14-17(24)10-12-22(16,3)21(18)11-13-23(19,20)4/h5-6,17-21,24H,7-14H2,1-4H3/b15-5-. The van der Waals surface area contributed by atoms with Crippen molar-refractivity contribution in [1.29, 1.82) is 0 Å².